The second-order valence-electron chi connectivity index (χ2n) is 8.39. The molecule has 0 aromatic rings. The van der Waals surface area contributed by atoms with E-state index < -0.39 is 24.4 Å². The summed E-state index contributed by atoms with van der Waals surface area (Å²) in [6.45, 7) is 2.59. The maximum Gasteiger partial charge on any atom is 0.114 e. The molecule has 0 aromatic heterocycles. The third kappa shape index (κ3) is 12.7. The molecule has 0 spiro atoms. The Labute approximate surface area is 178 Å². The van der Waals surface area contributed by atoms with E-state index in [0.29, 0.717) is 6.61 Å². The molecule has 172 valence electrons. The van der Waals surface area contributed by atoms with Crippen LogP contribution in [0.15, 0.2) is 12.2 Å². The van der Waals surface area contributed by atoms with Crippen LogP contribution in [0, 0.1) is 0 Å². The molecule has 5 nitrogen and oxygen atoms in total. The lowest BCUT2D eigenvalue weighted by molar-refractivity contribution is -0.0938. The van der Waals surface area contributed by atoms with Crippen molar-refractivity contribution in [2.75, 3.05) is 19.8 Å². The lowest BCUT2D eigenvalue weighted by Crippen LogP contribution is -2.42. The van der Waals surface area contributed by atoms with Crippen LogP contribution in [0.25, 0.3) is 0 Å². The van der Waals surface area contributed by atoms with E-state index in [1.54, 1.807) is 0 Å². The predicted octanol–water partition coefficient (Wildman–Crippen LogP) is 4.52. The minimum Gasteiger partial charge on any atom is -0.394 e. The van der Waals surface area contributed by atoms with Crippen molar-refractivity contribution in [3.63, 3.8) is 0 Å². The highest BCUT2D eigenvalue weighted by Crippen LogP contribution is 2.21. The maximum absolute atomic E-state index is 9.89. The van der Waals surface area contributed by atoms with Crippen LogP contribution < -0.4 is 0 Å². The number of hydrogen-bond acceptors (Lipinski definition) is 5. The van der Waals surface area contributed by atoms with Gasteiger partial charge >= 0.3 is 0 Å². The molecule has 29 heavy (non-hydrogen) atoms. The Kier molecular flexibility index (Phi) is 16.8. The Morgan fingerprint density at radius 2 is 1.45 bits per heavy atom. The number of unbranched alkanes of at least 4 members (excludes halogenated alkanes) is 12. The van der Waals surface area contributed by atoms with E-state index in [1.165, 1.54) is 77.0 Å². The van der Waals surface area contributed by atoms with Crippen molar-refractivity contribution in [2.24, 2.45) is 0 Å². The molecule has 3 N–H and O–H groups in total. The highest BCUT2D eigenvalue weighted by molar-refractivity contribution is 4.89. The van der Waals surface area contributed by atoms with Gasteiger partial charge < -0.3 is 24.8 Å². The minimum atomic E-state index is -1.00. The van der Waals surface area contributed by atoms with Gasteiger partial charge in [0.25, 0.3) is 0 Å². The number of rotatable bonds is 19. The van der Waals surface area contributed by atoms with E-state index in [1.807, 2.05) is 0 Å². The van der Waals surface area contributed by atoms with E-state index in [9.17, 15) is 10.2 Å². The van der Waals surface area contributed by atoms with Crippen LogP contribution in [0.4, 0.5) is 0 Å². The first-order valence-corrected chi connectivity index (χ1v) is 12.1. The maximum atomic E-state index is 9.89. The first kappa shape index (κ1) is 26.6. The van der Waals surface area contributed by atoms with Crippen LogP contribution >= 0.6 is 0 Å². The average molecular weight is 415 g/mol. The van der Waals surface area contributed by atoms with Crippen LogP contribution in [0.2, 0.25) is 0 Å². The van der Waals surface area contributed by atoms with Crippen LogP contribution in [0.1, 0.15) is 96.8 Å². The quantitative estimate of drug-likeness (QED) is 0.214. The Bertz CT molecular complexity index is 387. The molecule has 1 rings (SSSR count). The molecule has 0 aromatic carbocycles. The van der Waals surface area contributed by atoms with Crippen LogP contribution in [0.3, 0.4) is 0 Å². The third-order valence-electron chi connectivity index (χ3n) is 5.70. The summed E-state index contributed by atoms with van der Waals surface area (Å²) < 4.78 is 11.0. The summed E-state index contributed by atoms with van der Waals surface area (Å²) in [7, 11) is 0. The zero-order valence-corrected chi connectivity index (χ0v) is 18.6. The van der Waals surface area contributed by atoms with Gasteiger partial charge in [0, 0.05) is 6.61 Å². The van der Waals surface area contributed by atoms with Crippen molar-refractivity contribution in [1.82, 2.24) is 0 Å². The number of hydrogen-bond donors (Lipinski definition) is 3. The topological polar surface area (TPSA) is 79.2 Å². The normalized spacial score (nSPS) is 23.2. The SMILES string of the molecule is CCCCCCCC/C=C/CCCCCCCCO[C@@H]1[C@H]([C@@H](O)CO)OC[C@H]1O. The molecule has 0 bridgehead atoms. The monoisotopic (exact) mass is 414 g/mol. The van der Waals surface area contributed by atoms with Gasteiger partial charge in [-0.05, 0) is 32.1 Å². The molecule has 0 amide bonds. The number of ether oxygens (including phenoxy) is 2. The first-order valence-electron chi connectivity index (χ1n) is 12.1. The van der Waals surface area contributed by atoms with Gasteiger partial charge in [0.15, 0.2) is 0 Å². The van der Waals surface area contributed by atoms with Crippen molar-refractivity contribution in [3.8, 4) is 0 Å². The highest BCUT2D eigenvalue weighted by atomic mass is 16.6. The largest absolute Gasteiger partial charge is 0.394 e. The Hall–Kier alpha value is -0.460. The van der Waals surface area contributed by atoms with Gasteiger partial charge in [-0.3, -0.25) is 0 Å². The molecule has 1 aliphatic heterocycles. The summed E-state index contributed by atoms with van der Waals surface area (Å²) in [4.78, 5) is 0. The van der Waals surface area contributed by atoms with Crippen molar-refractivity contribution in [1.29, 1.82) is 0 Å². The fourth-order valence-electron chi connectivity index (χ4n) is 3.83. The van der Waals surface area contributed by atoms with Crippen molar-refractivity contribution in [2.45, 2.75) is 121 Å². The lowest BCUT2D eigenvalue weighted by atomic mass is 10.1. The number of aliphatic hydroxyl groups is 3. The third-order valence-corrected chi connectivity index (χ3v) is 5.70. The van der Waals surface area contributed by atoms with E-state index >= 15 is 0 Å². The molecule has 0 unspecified atom stereocenters. The molecule has 1 fully saturated rings. The Balaban J connectivity index is 1.87. The zero-order valence-electron chi connectivity index (χ0n) is 18.6. The molecule has 1 heterocycles. The van der Waals surface area contributed by atoms with Gasteiger partial charge in [-0.15, -0.1) is 0 Å². The second-order valence-corrected chi connectivity index (χ2v) is 8.39. The summed E-state index contributed by atoms with van der Waals surface area (Å²) in [5.74, 6) is 0. The van der Waals surface area contributed by atoms with Crippen molar-refractivity contribution >= 4 is 0 Å². The second kappa shape index (κ2) is 18.3. The highest BCUT2D eigenvalue weighted by Gasteiger charge is 2.40. The van der Waals surface area contributed by atoms with E-state index in [2.05, 4.69) is 19.1 Å². The zero-order chi connectivity index (χ0) is 21.2. The standard InChI is InChI=1S/C24H46O5/c1-2-3-4-5-6-7-8-9-10-11-12-13-14-15-16-17-18-28-24-22(27)20-29-23(24)21(26)19-25/h9-10,21-27H,2-8,11-20H2,1H3/b10-9+/t21-,22+,23-,24-/m0/s1. The lowest BCUT2D eigenvalue weighted by Gasteiger charge is -2.23. The molecule has 1 aliphatic rings. The van der Waals surface area contributed by atoms with Gasteiger partial charge in [0.2, 0.25) is 0 Å². The van der Waals surface area contributed by atoms with Gasteiger partial charge in [0.1, 0.15) is 24.4 Å². The van der Waals surface area contributed by atoms with Crippen molar-refractivity contribution in [3.05, 3.63) is 12.2 Å². The summed E-state index contributed by atoms with van der Waals surface area (Å²) >= 11 is 0. The number of allylic oxidation sites excluding steroid dienone is 2. The fraction of sp³-hybridized carbons (Fsp3) is 0.917. The Morgan fingerprint density at radius 1 is 0.897 bits per heavy atom. The van der Waals surface area contributed by atoms with Crippen LogP contribution in [-0.4, -0.2) is 59.6 Å². The van der Waals surface area contributed by atoms with Gasteiger partial charge in [-0.1, -0.05) is 76.9 Å². The smallest absolute Gasteiger partial charge is 0.114 e. The van der Waals surface area contributed by atoms with Gasteiger partial charge in [-0.25, -0.2) is 0 Å². The predicted molar refractivity (Wildman–Crippen MR) is 118 cm³/mol. The van der Waals surface area contributed by atoms with Crippen molar-refractivity contribution < 1.29 is 24.8 Å². The van der Waals surface area contributed by atoms with Gasteiger partial charge in [-0.2, -0.15) is 0 Å². The van der Waals surface area contributed by atoms with Crippen LogP contribution in [-0.2, 0) is 9.47 Å². The number of aliphatic hydroxyl groups excluding tert-OH is 3. The molecule has 0 saturated carbocycles. The van der Waals surface area contributed by atoms with E-state index in [0.717, 1.165) is 12.8 Å². The summed E-state index contributed by atoms with van der Waals surface area (Å²) in [5, 5.41) is 28.7. The van der Waals surface area contributed by atoms with E-state index in [-0.39, 0.29) is 13.2 Å². The first-order chi connectivity index (χ1) is 14.2. The average Bonchev–Trinajstić information content (AvgIpc) is 3.10. The molecular formula is C24H46O5. The molecule has 1 saturated heterocycles. The molecule has 4 atom stereocenters. The molecular weight excluding hydrogens is 368 g/mol. The summed E-state index contributed by atoms with van der Waals surface area (Å²) in [6, 6.07) is 0. The fourth-order valence-corrected chi connectivity index (χ4v) is 3.83. The minimum absolute atomic E-state index is 0.153. The molecule has 5 heteroatoms. The summed E-state index contributed by atoms with van der Waals surface area (Å²) in [5.41, 5.74) is 0. The van der Waals surface area contributed by atoms with E-state index in [4.69, 9.17) is 14.6 Å². The molecule has 0 aliphatic carbocycles. The summed E-state index contributed by atoms with van der Waals surface area (Å²) in [6.07, 6.45) is 19.5. The van der Waals surface area contributed by atoms with Gasteiger partial charge in [0.05, 0.1) is 13.2 Å². The van der Waals surface area contributed by atoms with Crippen LogP contribution in [0.5, 0.6) is 0 Å². The molecule has 0 radical (unpaired) electrons. The Morgan fingerprint density at radius 3 is 2.03 bits per heavy atom.